The normalized spacial score (nSPS) is 12.8. The highest BCUT2D eigenvalue weighted by Crippen LogP contribution is 2.35. The Morgan fingerprint density at radius 2 is 1.72 bits per heavy atom. The van der Waals surface area contributed by atoms with E-state index in [4.69, 9.17) is 5.73 Å². The minimum absolute atomic E-state index is 0.111. The molecule has 0 unspecified atom stereocenters. The second-order valence-corrected chi connectivity index (χ2v) is 3.55. The highest BCUT2D eigenvalue weighted by atomic mass is 19.4. The summed E-state index contributed by atoms with van der Waals surface area (Å²) in [5.74, 6) is -5.72. The van der Waals surface area contributed by atoms with E-state index in [1.807, 2.05) is 0 Å². The molecular formula is C10H9F6NO. The van der Waals surface area contributed by atoms with Crippen molar-refractivity contribution in [3.63, 3.8) is 0 Å². The predicted molar refractivity (Wildman–Crippen MR) is 51.5 cm³/mol. The van der Waals surface area contributed by atoms with Crippen molar-refractivity contribution >= 4 is 5.69 Å². The van der Waals surface area contributed by atoms with Crippen LogP contribution >= 0.6 is 0 Å². The number of nitrogens with two attached hydrogens (primary N) is 1. The molecule has 0 fully saturated rings. The van der Waals surface area contributed by atoms with Crippen molar-refractivity contribution in [3.8, 4) is 0 Å². The summed E-state index contributed by atoms with van der Waals surface area (Å²) >= 11 is 0. The van der Waals surface area contributed by atoms with E-state index in [0.717, 1.165) is 12.1 Å². The lowest BCUT2D eigenvalue weighted by atomic mass is 10.2. The molecule has 0 heterocycles. The highest BCUT2D eigenvalue weighted by molar-refractivity contribution is 5.41. The first-order valence-corrected chi connectivity index (χ1v) is 4.70. The molecule has 1 aromatic carbocycles. The van der Waals surface area contributed by atoms with Gasteiger partial charge >= 0.3 is 12.1 Å². The van der Waals surface area contributed by atoms with Gasteiger partial charge in [-0.25, -0.2) is 4.39 Å². The summed E-state index contributed by atoms with van der Waals surface area (Å²) in [4.78, 5) is 0. The average molecular weight is 273 g/mol. The summed E-state index contributed by atoms with van der Waals surface area (Å²) in [5, 5.41) is 0. The first-order chi connectivity index (χ1) is 8.13. The fraction of sp³-hybridized carbons (Fsp3) is 0.400. The highest BCUT2D eigenvalue weighted by Gasteiger charge is 2.57. The minimum Gasteiger partial charge on any atom is -0.396 e. The Bertz CT molecular complexity index is 417. The van der Waals surface area contributed by atoms with Gasteiger partial charge in [0.2, 0.25) is 0 Å². The number of nitrogen functional groups attached to an aromatic ring is 1. The van der Waals surface area contributed by atoms with Crippen LogP contribution in [0.25, 0.3) is 0 Å². The third-order valence-corrected chi connectivity index (χ3v) is 2.03. The Hall–Kier alpha value is -1.44. The summed E-state index contributed by atoms with van der Waals surface area (Å²) in [6, 6.07) is 3.33. The number of hydrogen-bond donors (Lipinski definition) is 1. The molecule has 8 heteroatoms. The van der Waals surface area contributed by atoms with Crippen LogP contribution in [0.1, 0.15) is 5.56 Å². The zero-order chi connectivity index (χ0) is 14.0. The van der Waals surface area contributed by atoms with Gasteiger partial charge < -0.3 is 10.5 Å². The number of halogens is 6. The average Bonchev–Trinajstić information content (AvgIpc) is 2.21. The van der Waals surface area contributed by atoms with Crippen molar-refractivity contribution in [2.24, 2.45) is 0 Å². The molecule has 0 bridgehead atoms. The van der Waals surface area contributed by atoms with E-state index < -0.39 is 31.1 Å². The van der Waals surface area contributed by atoms with Gasteiger partial charge in [0.25, 0.3) is 0 Å². The Labute approximate surface area is 98.3 Å². The van der Waals surface area contributed by atoms with E-state index in [9.17, 15) is 26.3 Å². The SMILES string of the molecule is Nc1ccc(COCC(F)(F)C(F)(F)F)cc1F. The van der Waals surface area contributed by atoms with Crippen LogP contribution in [-0.2, 0) is 11.3 Å². The molecule has 0 aliphatic carbocycles. The minimum atomic E-state index is -5.67. The van der Waals surface area contributed by atoms with Crippen LogP contribution < -0.4 is 5.73 Å². The molecular weight excluding hydrogens is 264 g/mol. The summed E-state index contributed by atoms with van der Waals surface area (Å²) in [6.07, 6.45) is -5.67. The topological polar surface area (TPSA) is 35.2 Å². The zero-order valence-electron chi connectivity index (χ0n) is 8.90. The molecule has 0 amide bonds. The number of ether oxygens (including phenoxy) is 1. The predicted octanol–water partition coefficient (Wildman–Crippen LogP) is 3.12. The van der Waals surface area contributed by atoms with Crippen molar-refractivity contribution in [2.45, 2.75) is 18.7 Å². The summed E-state index contributed by atoms with van der Waals surface area (Å²) in [7, 11) is 0. The van der Waals surface area contributed by atoms with Gasteiger partial charge in [0, 0.05) is 0 Å². The lowest BCUT2D eigenvalue weighted by Gasteiger charge is -2.19. The van der Waals surface area contributed by atoms with Gasteiger partial charge in [-0.2, -0.15) is 22.0 Å². The molecule has 0 atom stereocenters. The molecule has 2 nitrogen and oxygen atoms in total. The molecule has 1 rings (SSSR count). The fourth-order valence-electron chi connectivity index (χ4n) is 1.04. The number of anilines is 1. The van der Waals surface area contributed by atoms with Gasteiger partial charge in [0.15, 0.2) is 0 Å². The molecule has 0 spiro atoms. The summed E-state index contributed by atoms with van der Waals surface area (Å²) in [6.45, 7) is -2.38. The second-order valence-electron chi connectivity index (χ2n) is 3.55. The summed E-state index contributed by atoms with van der Waals surface area (Å²) in [5.41, 5.74) is 5.12. The van der Waals surface area contributed by atoms with Crippen molar-refractivity contribution < 1.29 is 31.1 Å². The first kappa shape index (κ1) is 14.6. The number of benzene rings is 1. The van der Waals surface area contributed by atoms with Gasteiger partial charge in [0.05, 0.1) is 12.3 Å². The number of hydrogen-bond acceptors (Lipinski definition) is 2. The molecule has 0 saturated carbocycles. The van der Waals surface area contributed by atoms with E-state index in [-0.39, 0.29) is 11.3 Å². The molecule has 0 aliphatic rings. The molecule has 0 radical (unpaired) electrons. The maximum atomic E-state index is 12.9. The van der Waals surface area contributed by atoms with Crippen molar-refractivity contribution in [1.29, 1.82) is 0 Å². The lowest BCUT2D eigenvalue weighted by molar-refractivity contribution is -0.297. The van der Waals surface area contributed by atoms with Crippen molar-refractivity contribution in [3.05, 3.63) is 29.6 Å². The van der Waals surface area contributed by atoms with Crippen LogP contribution in [0.5, 0.6) is 0 Å². The lowest BCUT2D eigenvalue weighted by Crippen LogP contribution is -2.40. The van der Waals surface area contributed by atoms with E-state index >= 15 is 0 Å². The second kappa shape index (κ2) is 5.05. The molecule has 102 valence electrons. The van der Waals surface area contributed by atoms with E-state index in [1.165, 1.54) is 6.07 Å². The van der Waals surface area contributed by atoms with Crippen LogP contribution in [0.2, 0.25) is 0 Å². The number of alkyl halides is 5. The molecule has 0 aliphatic heterocycles. The van der Waals surface area contributed by atoms with Crippen molar-refractivity contribution in [2.75, 3.05) is 12.3 Å². The smallest absolute Gasteiger partial charge is 0.396 e. The van der Waals surface area contributed by atoms with Crippen molar-refractivity contribution in [1.82, 2.24) is 0 Å². The van der Waals surface area contributed by atoms with Gasteiger partial charge in [-0.3, -0.25) is 0 Å². The molecule has 1 aromatic rings. The Balaban J connectivity index is 2.54. The Kier molecular flexibility index (Phi) is 4.10. The van der Waals surface area contributed by atoms with E-state index in [1.54, 1.807) is 0 Å². The van der Waals surface area contributed by atoms with Crippen LogP contribution in [0.4, 0.5) is 32.0 Å². The van der Waals surface area contributed by atoms with Gasteiger partial charge in [-0.1, -0.05) is 6.07 Å². The van der Waals surface area contributed by atoms with Crippen LogP contribution in [0, 0.1) is 5.82 Å². The molecule has 0 aromatic heterocycles. The van der Waals surface area contributed by atoms with Gasteiger partial charge in [0.1, 0.15) is 12.4 Å². The van der Waals surface area contributed by atoms with E-state index in [0.29, 0.717) is 0 Å². The van der Waals surface area contributed by atoms with Gasteiger partial charge in [-0.05, 0) is 17.7 Å². The Morgan fingerprint density at radius 1 is 1.11 bits per heavy atom. The standard InChI is InChI=1S/C10H9F6NO/c11-7-3-6(1-2-8(7)17)4-18-5-9(12,13)10(14,15)16/h1-3H,4-5,17H2. The third-order valence-electron chi connectivity index (χ3n) is 2.03. The first-order valence-electron chi connectivity index (χ1n) is 4.70. The Morgan fingerprint density at radius 3 is 2.22 bits per heavy atom. The fourth-order valence-corrected chi connectivity index (χ4v) is 1.04. The van der Waals surface area contributed by atoms with Gasteiger partial charge in [-0.15, -0.1) is 0 Å². The van der Waals surface area contributed by atoms with Crippen LogP contribution in [0.3, 0.4) is 0 Å². The number of rotatable bonds is 4. The summed E-state index contributed by atoms with van der Waals surface area (Å²) < 4.78 is 77.3. The molecule has 0 saturated heterocycles. The molecule has 18 heavy (non-hydrogen) atoms. The largest absolute Gasteiger partial charge is 0.455 e. The monoisotopic (exact) mass is 273 g/mol. The van der Waals surface area contributed by atoms with Crippen LogP contribution in [-0.4, -0.2) is 18.7 Å². The van der Waals surface area contributed by atoms with Crippen LogP contribution in [0.15, 0.2) is 18.2 Å². The third kappa shape index (κ3) is 3.52. The zero-order valence-corrected chi connectivity index (χ0v) is 8.90. The molecule has 2 N–H and O–H groups in total. The maximum Gasteiger partial charge on any atom is 0.455 e. The quantitative estimate of drug-likeness (QED) is 0.675. The maximum absolute atomic E-state index is 12.9. The van der Waals surface area contributed by atoms with E-state index in [2.05, 4.69) is 4.74 Å².